The molecule has 4 nitrogen and oxygen atoms in total. The fourth-order valence-electron chi connectivity index (χ4n) is 1.85. The summed E-state index contributed by atoms with van der Waals surface area (Å²) in [5, 5.41) is 0. The highest BCUT2D eigenvalue weighted by atomic mass is 32.2. The van der Waals surface area contributed by atoms with Crippen LogP contribution in [0.3, 0.4) is 0 Å². The molecule has 2 rings (SSSR count). The molecule has 0 saturated heterocycles. The molecule has 0 radical (unpaired) electrons. The summed E-state index contributed by atoms with van der Waals surface area (Å²) in [5.74, 6) is -1.36. The van der Waals surface area contributed by atoms with E-state index >= 15 is 0 Å². The second-order valence-electron chi connectivity index (χ2n) is 4.72. The number of rotatable bonds is 4. The van der Waals surface area contributed by atoms with Crippen LogP contribution in [-0.2, 0) is 14.8 Å². The van der Waals surface area contributed by atoms with Crippen molar-refractivity contribution in [3.8, 4) is 0 Å². The lowest BCUT2D eigenvalue weighted by Crippen LogP contribution is -2.40. The molecule has 0 aromatic heterocycles. The lowest BCUT2D eigenvalue weighted by Gasteiger charge is -2.12. The van der Waals surface area contributed by atoms with E-state index in [1.807, 2.05) is 0 Å². The van der Waals surface area contributed by atoms with E-state index in [9.17, 15) is 26.4 Å². The van der Waals surface area contributed by atoms with Crippen LogP contribution in [0.25, 0.3) is 11.6 Å². The van der Waals surface area contributed by atoms with Gasteiger partial charge < -0.3 is 0 Å². The molecular weight excluding hydrogens is 343 g/mol. The summed E-state index contributed by atoms with van der Waals surface area (Å²) in [6.07, 6.45) is 1.32. The van der Waals surface area contributed by atoms with E-state index in [1.165, 1.54) is 18.2 Å². The molecule has 2 aromatic carbocycles. The van der Waals surface area contributed by atoms with Gasteiger partial charge in [0.15, 0.2) is 0 Å². The van der Waals surface area contributed by atoms with Gasteiger partial charge in [-0.15, -0.1) is 0 Å². The van der Waals surface area contributed by atoms with Gasteiger partial charge in [0, 0.05) is 5.57 Å². The number of hydrogen-bond acceptors (Lipinski definition) is 3. The zero-order valence-corrected chi connectivity index (χ0v) is 12.9. The summed E-state index contributed by atoms with van der Waals surface area (Å²) in [6, 6.07) is 16.2. The van der Waals surface area contributed by atoms with E-state index in [1.54, 1.807) is 48.5 Å². The minimum Gasteiger partial charge on any atom is -0.268 e. The van der Waals surface area contributed by atoms with Gasteiger partial charge in [0.1, 0.15) is 0 Å². The summed E-state index contributed by atoms with van der Waals surface area (Å²) < 4.78 is 60.8. The Labute approximate surface area is 136 Å². The van der Waals surface area contributed by atoms with Crippen LogP contribution in [0.15, 0.2) is 60.7 Å². The molecule has 0 fully saturated rings. The molecule has 0 unspecified atom stereocenters. The third kappa shape index (κ3) is 4.23. The summed E-state index contributed by atoms with van der Waals surface area (Å²) >= 11 is 0. The van der Waals surface area contributed by atoms with Crippen molar-refractivity contribution in [3.05, 3.63) is 71.8 Å². The van der Waals surface area contributed by atoms with Gasteiger partial charge in [0.2, 0.25) is 0 Å². The number of benzene rings is 2. The topological polar surface area (TPSA) is 63.2 Å². The zero-order chi connectivity index (χ0) is 17.8. The molecule has 0 aliphatic rings. The number of halogens is 3. The van der Waals surface area contributed by atoms with Crippen molar-refractivity contribution in [2.24, 2.45) is 0 Å². The quantitative estimate of drug-likeness (QED) is 0.677. The Bertz CT molecular complexity index is 845. The van der Waals surface area contributed by atoms with Crippen LogP contribution in [0, 0.1) is 0 Å². The van der Waals surface area contributed by atoms with Gasteiger partial charge in [-0.3, -0.25) is 4.79 Å². The normalized spacial score (nSPS) is 12.7. The number of alkyl halides is 3. The van der Waals surface area contributed by atoms with Crippen molar-refractivity contribution in [3.63, 3.8) is 0 Å². The van der Waals surface area contributed by atoms with Gasteiger partial charge in [-0.05, 0) is 17.2 Å². The minimum atomic E-state index is -5.78. The Morgan fingerprint density at radius 1 is 0.917 bits per heavy atom. The fourth-order valence-corrected chi connectivity index (χ4v) is 2.32. The lowest BCUT2D eigenvalue weighted by atomic mass is 10.0. The number of nitrogens with one attached hydrogen (secondary N) is 1. The van der Waals surface area contributed by atoms with E-state index in [0.717, 1.165) is 4.72 Å². The van der Waals surface area contributed by atoms with Crippen molar-refractivity contribution in [2.45, 2.75) is 5.51 Å². The predicted octanol–water partition coefficient (Wildman–Crippen LogP) is 3.19. The number of amides is 1. The minimum absolute atomic E-state index is 0.199. The van der Waals surface area contributed by atoms with Gasteiger partial charge in [-0.25, -0.2) is 4.72 Å². The second-order valence-corrected chi connectivity index (χ2v) is 6.39. The molecule has 126 valence electrons. The molecule has 2 aromatic rings. The van der Waals surface area contributed by atoms with Crippen molar-refractivity contribution in [1.29, 1.82) is 0 Å². The van der Waals surface area contributed by atoms with E-state index < -0.39 is 21.4 Å². The maximum absolute atomic E-state index is 12.5. The molecule has 0 spiro atoms. The Balaban J connectivity index is 2.44. The molecule has 24 heavy (non-hydrogen) atoms. The summed E-state index contributed by atoms with van der Waals surface area (Å²) in [6.45, 7) is 0. The largest absolute Gasteiger partial charge is 0.516 e. The second kappa shape index (κ2) is 6.88. The first kappa shape index (κ1) is 17.7. The molecular formula is C16H12F3NO3S. The third-order valence-electron chi connectivity index (χ3n) is 2.97. The molecule has 0 heterocycles. The van der Waals surface area contributed by atoms with Gasteiger partial charge >= 0.3 is 15.5 Å². The molecule has 1 N–H and O–H groups in total. The molecule has 8 heteroatoms. The fraction of sp³-hybridized carbons (Fsp3) is 0.0625. The molecule has 0 aliphatic carbocycles. The molecule has 0 saturated carbocycles. The molecule has 1 amide bonds. The predicted molar refractivity (Wildman–Crippen MR) is 83.9 cm³/mol. The van der Waals surface area contributed by atoms with E-state index in [4.69, 9.17) is 0 Å². The van der Waals surface area contributed by atoms with E-state index in [0.29, 0.717) is 5.56 Å². The van der Waals surface area contributed by atoms with Gasteiger partial charge in [-0.1, -0.05) is 60.7 Å². The summed E-state index contributed by atoms with van der Waals surface area (Å²) in [5.41, 5.74) is -4.95. The Morgan fingerprint density at radius 3 is 1.92 bits per heavy atom. The van der Waals surface area contributed by atoms with Crippen LogP contribution in [-0.4, -0.2) is 19.8 Å². The number of hydrogen-bond donors (Lipinski definition) is 1. The average Bonchev–Trinajstić information content (AvgIpc) is 2.53. The average molecular weight is 355 g/mol. The smallest absolute Gasteiger partial charge is 0.268 e. The highest BCUT2D eigenvalue weighted by Crippen LogP contribution is 2.24. The molecule has 0 aliphatic heterocycles. The SMILES string of the molecule is O=C(NS(=O)(=O)C(F)(F)F)/C(=C/c1ccccc1)c1ccccc1. The summed E-state index contributed by atoms with van der Waals surface area (Å²) in [4.78, 5) is 12.2. The van der Waals surface area contributed by atoms with Crippen molar-refractivity contribution in [2.75, 3.05) is 0 Å². The maximum atomic E-state index is 12.5. The standard InChI is InChI=1S/C16H12F3NO3S/c17-16(18,19)24(22,23)20-15(21)14(13-9-5-2-6-10-13)11-12-7-3-1-4-8-12/h1-11H,(H,20,21)/b14-11+. The Kier molecular flexibility index (Phi) is 5.08. The molecule has 0 bridgehead atoms. The lowest BCUT2D eigenvalue weighted by molar-refractivity contribution is -0.114. The number of carbonyl (C=O) groups excluding carboxylic acids is 1. The van der Waals surface area contributed by atoms with Crippen LogP contribution in [0.1, 0.15) is 11.1 Å². The van der Waals surface area contributed by atoms with Crippen molar-refractivity contribution < 1.29 is 26.4 Å². The number of carbonyl (C=O) groups is 1. The van der Waals surface area contributed by atoms with Gasteiger partial charge in [0.25, 0.3) is 5.91 Å². The van der Waals surface area contributed by atoms with Crippen molar-refractivity contribution in [1.82, 2.24) is 4.72 Å². The van der Waals surface area contributed by atoms with Gasteiger partial charge in [-0.2, -0.15) is 21.6 Å². The third-order valence-corrected chi connectivity index (χ3v) is 4.04. The monoisotopic (exact) mass is 355 g/mol. The highest BCUT2D eigenvalue weighted by Gasteiger charge is 2.47. The van der Waals surface area contributed by atoms with Crippen LogP contribution < -0.4 is 4.72 Å². The first-order chi connectivity index (χ1) is 11.2. The first-order valence-corrected chi connectivity index (χ1v) is 8.14. The number of sulfonamides is 1. The Hall–Kier alpha value is -2.61. The van der Waals surface area contributed by atoms with E-state index in [2.05, 4.69) is 0 Å². The van der Waals surface area contributed by atoms with Crippen LogP contribution >= 0.6 is 0 Å². The van der Waals surface area contributed by atoms with Gasteiger partial charge in [0.05, 0.1) is 0 Å². The van der Waals surface area contributed by atoms with Crippen molar-refractivity contribution >= 4 is 27.6 Å². The van der Waals surface area contributed by atoms with Crippen LogP contribution in [0.5, 0.6) is 0 Å². The Morgan fingerprint density at radius 2 is 1.42 bits per heavy atom. The summed E-state index contributed by atoms with van der Waals surface area (Å²) in [7, 11) is -5.78. The molecule has 0 atom stereocenters. The zero-order valence-electron chi connectivity index (χ0n) is 12.1. The maximum Gasteiger partial charge on any atom is 0.516 e. The van der Waals surface area contributed by atoms with E-state index in [-0.39, 0.29) is 11.1 Å². The van der Waals surface area contributed by atoms with Crippen LogP contribution in [0.4, 0.5) is 13.2 Å². The first-order valence-electron chi connectivity index (χ1n) is 6.66. The van der Waals surface area contributed by atoms with Crippen LogP contribution in [0.2, 0.25) is 0 Å². The highest BCUT2D eigenvalue weighted by molar-refractivity contribution is 7.90.